The normalized spacial score (nSPS) is 15.9. The summed E-state index contributed by atoms with van der Waals surface area (Å²) in [6.45, 7) is 3.93. The number of para-hydroxylation sites is 2. The molecule has 1 saturated heterocycles. The van der Waals surface area contributed by atoms with E-state index in [1.807, 2.05) is 41.3 Å². The Morgan fingerprint density at radius 2 is 1.96 bits per heavy atom. The van der Waals surface area contributed by atoms with Gasteiger partial charge >= 0.3 is 0 Å². The second-order valence-corrected chi connectivity index (χ2v) is 6.01. The van der Waals surface area contributed by atoms with Crippen LogP contribution in [0.3, 0.4) is 0 Å². The van der Waals surface area contributed by atoms with Gasteiger partial charge in [-0.15, -0.1) is 0 Å². The first kappa shape index (κ1) is 14.3. The molecule has 6 heteroatoms. The van der Waals surface area contributed by atoms with E-state index in [0.717, 1.165) is 54.9 Å². The minimum absolute atomic E-state index is 0.454. The van der Waals surface area contributed by atoms with E-state index >= 15 is 0 Å². The number of benzene rings is 1. The topological polar surface area (TPSA) is 72.9 Å². The summed E-state index contributed by atoms with van der Waals surface area (Å²) in [5.41, 5.74) is 9.26. The third-order valence-corrected chi connectivity index (χ3v) is 4.34. The molecule has 1 aliphatic rings. The predicted molar refractivity (Wildman–Crippen MR) is 89.9 cm³/mol. The maximum atomic E-state index is 5.55. The Balaban J connectivity index is 1.49. The van der Waals surface area contributed by atoms with Gasteiger partial charge in [-0.05, 0) is 31.6 Å². The molecule has 1 aliphatic heterocycles. The highest BCUT2D eigenvalue weighted by atomic mass is 15.4. The van der Waals surface area contributed by atoms with Crippen LogP contribution in [-0.4, -0.2) is 50.8 Å². The van der Waals surface area contributed by atoms with Crippen LogP contribution in [0.4, 0.5) is 0 Å². The monoisotopic (exact) mass is 308 g/mol. The molecule has 4 rings (SSSR count). The Morgan fingerprint density at radius 3 is 2.78 bits per heavy atom. The Bertz CT molecular complexity index is 805. The Labute approximate surface area is 135 Å². The van der Waals surface area contributed by atoms with Gasteiger partial charge in [-0.3, -0.25) is 14.6 Å². The number of likely N-dealkylation sites (tertiary alicyclic amines) is 1. The molecule has 3 heterocycles. The molecule has 0 aliphatic carbocycles. The molecular weight excluding hydrogens is 288 g/mol. The average Bonchev–Trinajstić information content (AvgIpc) is 3.02. The lowest BCUT2D eigenvalue weighted by Gasteiger charge is -2.39. The number of hydrogen-bond donors (Lipinski definition) is 1. The van der Waals surface area contributed by atoms with E-state index in [4.69, 9.17) is 5.73 Å². The summed E-state index contributed by atoms with van der Waals surface area (Å²) in [6.07, 6.45) is 6.83. The van der Waals surface area contributed by atoms with E-state index < -0.39 is 0 Å². The first-order valence-corrected chi connectivity index (χ1v) is 8.02. The highest BCUT2D eigenvalue weighted by Crippen LogP contribution is 2.24. The molecule has 23 heavy (non-hydrogen) atoms. The van der Waals surface area contributed by atoms with Crippen LogP contribution in [0.1, 0.15) is 12.5 Å². The lowest BCUT2D eigenvalue weighted by molar-refractivity contribution is 0.0981. The molecule has 0 atom stereocenters. The molecule has 0 bridgehead atoms. The minimum atomic E-state index is 0.454. The molecule has 0 radical (unpaired) electrons. The summed E-state index contributed by atoms with van der Waals surface area (Å²) in [5.74, 6) is 0. The Kier molecular flexibility index (Phi) is 3.77. The van der Waals surface area contributed by atoms with Gasteiger partial charge in [0.15, 0.2) is 0 Å². The lowest BCUT2D eigenvalue weighted by Crippen LogP contribution is -2.48. The van der Waals surface area contributed by atoms with Crippen molar-refractivity contribution in [1.29, 1.82) is 0 Å². The van der Waals surface area contributed by atoms with Crippen molar-refractivity contribution in [3.8, 4) is 11.3 Å². The fraction of sp³-hybridized carbons (Fsp3) is 0.353. The Hall–Kier alpha value is -2.31. The minimum Gasteiger partial charge on any atom is -0.330 e. The van der Waals surface area contributed by atoms with E-state index in [2.05, 4.69) is 26.2 Å². The second kappa shape index (κ2) is 6.06. The Morgan fingerprint density at radius 1 is 1.13 bits per heavy atom. The van der Waals surface area contributed by atoms with Crippen LogP contribution in [0.5, 0.6) is 0 Å². The number of nitrogens with zero attached hydrogens (tertiary/aromatic N) is 5. The van der Waals surface area contributed by atoms with E-state index in [1.165, 1.54) is 0 Å². The highest BCUT2D eigenvalue weighted by molar-refractivity contribution is 5.76. The van der Waals surface area contributed by atoms with Crippen molar-refractivity contribution in [2.75, 3.05) is 26.2 Å². The molecule has 118 valence electrons. The molecule has 0 saturated carbocycles. The molecule has 6 nitrogen and oxygen atoms in total. The van der Waals surface area contributed by atoms with Gasteiger partial charge in [0.25, 0.3) is 0 Å². The van der Waals surface area contributed by atoms with Gasteiger partial charge in [0.1, 0.15) is 0 Å². The van der Waals surface area contributed by atoms with Crippen molar-refractivity contribution >= 4 is 11.0 Å². The predicted octanol–water partition coefficient (Wildman–Crippen LogP) is 1.70. The molecule has 2 aromatic heterocycles. The SMILES string of the molecule is NCCCN1CC(n2cc(-c3cnc4ccccc4n3)cn2)C1. The second-order valence-electron chi connectivity index (χ2n) is 6.01. The van der Waals surface area contributed by atoms with Gasteiger partial charge in [-0.1, -0.05) is 12.1 Å². The van der Waals surface area contributed by atoms with Crippen molar-refractivity contribution in [2.45, 2.75) is 12.5 Å². The van der Waals surface area contributed by atoms with Gasteiger partial charge in [-0.25, -0.2) is 4.98 Å². The number of fused-ring (bicyclic) bond motifs is 1. The van der Waals surface area contributed by atoms with Crippen molar-refractivity contribution in [2.24, 2.45) is 5.73 Å². The standard InChI is InChI=1S/C17H20N6/c18-6-3-7-22-11-14(12-22)23-10-13(8-20-23)17-9-19-15-4-1-2-5-16(15)21-17/h1-2,4-5,8-10,14H,3,6-7,11-12,18H2. The quantitative estimate of drug-likeness (QED) is 0.776. The van der Waals surface area contributed by atoms with Crippen LogP contribution < -0.4 is 5.73 Å². The summed E-state index contributed by atoms with van der Waals surface area (Å²) >= 11 is 0. The molecule has 3 aromatic rings. The van der Waals surface area contributed by atoms with Crippen molar-refractivity contribution in [3.63, 3.8) is 0 Å². The molecule has 1 fully saturated rings. The first-order chi connectivity index (χ1) is 11.3. The van der Waals surface area contributed by atoms with E-state index in [9.17, 15) is 0 Å². The molecule has 0 spiro atoms. The van der Waals surface area contributed by atoms with Gasteiger partial charge in [0.2, 0.25) is 0 Å². The zero-order chi connectivity index (χ0) is 15.6. The van der Waals surface area contributed by atoms with E-state index in [-0.39, 0.29) is 0 Å². The van der Waals surface area contributed by atoms with Crippen LogP contribution >= 0.6 is 0 Å². The molecule has 0 amide bonds. The third-order valence-electron chi connectivity index (χ3n) is 4.34. The maximum Gasteiger partial charge on any atom is 0.0924 e. The van der Waals surface area contributed by atoms with Gasteiger partial charge in [-0.2, -0.15) is 5.10 Å². The number of hydrogen-bond acceptors (Lipinski definition) is 5. The average molecular weight is 308 g/mol. The summed E-state index contributed by atoms with van der Waals surface area (Å²) in [4.78, 5) is 11.6. The van der Waals surface area contributed by atoms with Crippen LogP contribution in [0.2, 0.25) is 0 Å². The number of rotatable bonds is 5. The largest absolute Gasteiger partial charge is 0.330 e. The van der Waals surface area contributed by atoms with Gasteiger partial charge in [0.05, 0.1) is 35.2 Å². The van der Waals surface area contributed by atoms with Crippen LogP contribution in [0.25, 0.3) is 22.3 Å². The molecular formula is C17H20N6. The molecule has 1 aromatic carbocycles. The highest BCUT2D eigenvalue weighted by Gasteiger charge is 2.28. The summed E-state index contributed by atoms with van der Waals surface area (Å²) in [6, 6.07) is 8.36. The number of nitrogens with two attached hydrogens (primary N) is 1. The smallest absolute Gasteiger partial charge is 0.0924 e. The van der Waals surface area contributed by atoms with Crippen LogP contribution in [0, 0.1) is 0 Å². The van der Waals surface area contributed by atoms with Crippen LogP contribution in [0.15, 0.2) is 42.9 Å². The number of aromatic nitrogens is 4. The zero-order valence-corrected chi connectivity index (χ0v) is 13.0. The van der Waals surface area contributed by atoms with Crippen molar-refractivity contribution < 1.29 is 0 Å². The summed E-state index contributed by atoms with van der Waals surface area (Å²) < 4.78 is 2.05. The first-order valence-electron chi connectivity index (χ1n) is 8.02. The van der Waals surface area contributed by atoms with E-state index in [0.29, 0.717) is 6.04 Å². The van der Waals surface area contributed by atoms with Crippen molar-refractivity contribution in [3.05, 3.63) is 42.9 Å². The summed E-state index contributed by atoms with van der Waals surface area (Å²) in [5, 5.41) is 4.51. The third kappa shape index (κ3) is 2.83. The summed E-state index contributed by atoms with van der Waals surface area (Å²) in [7, 11) is 0. The van der Waals surface area contributed by atoms with Gasteiger partial charge in [0, 0.05) is 24.8 Å². The van der Waals surface area contributed by atoms with Gasteiger partial charge < -0.3 is 5.73 Å². The fourth-order valence-electron chi connectivity index (χ4n) is 2.97. The maximum absolute atomic E-state index is 5.55. The van der Waals surface area contributed by atoms with Crippen molar-refractivity contribution in [1.82, 2.24) is 24.6 Å². The van der Waals surface area contributed by atoms with E-state index in [1.54, 1.807) is 0 Å². The lowest BCUT2D eigenvalue weighted by atomic mass is 10.1. The molecule has 2 N–H and O–H groups in total. The zero-order valence-electron chi connectivity index (χ0n) is 13.0. The fourth-order valence-corrected chi connectivity index (χ4v) is 2.97. The molecule has 0 unspecified atom stereocenters. The van der Waals surface area contributed by atoms with Crippen LogP contribution in [-0.2, 0) is 0 Å².